The number of ether oxygens (including phenoxy) is 1. The molecule has 1 heterocycles. The van der Waals surface area contributed by atoms with Crippen LogP contribution in [0.3, 0.4) is 0 Å². The Kier molecular flexibility index (Phi) is 8.72. The monoisotopic (exact) mass is 442 g/mol. The van der Waals surface area contributed by atoms with E-state index < -0.39 is 12.2 Å². The maximum absolute atomic E-state index is 12.1. The smallest absolute Gasteiger partial charge is 0.411 e. The number of aliphatic hydroxyl groups is 1. The molecule has 4 N–H and O–H groups in total. The van der Waals surface area contributed by atoms with Gasteiger partial charge in [-0.15, -0.1) is 0 Å². The molecule has 3 rings (SSSR count). The number of aliphatic hydroxyl groups excluding tert-OH is 1. The second-order valence-electron chi connectivity index (χ2n) is 8.27. The van der Waals surface area contributed by atoms with E-state index in [1.165, 1.54) is 0 Å². The van der Waals surface area contributed by atoms with Crippen LogP contribution in [0.15, 0.2) is 42.5 Å². The van der Waals surface area contributed by atoms with Crippen LogP contribution < -0.4 is 10.6 Å². The molecule has 1 saturated heterocycles. The number of hydrogen-bond donors (Lipinski definition) is 4. The summed E-state index contributed by atoms with van der Waals surface area (Å²) in [6.07, 6.45) is -0.276. The normalized spacial score (nSPS) is 15.8. The molecule has 1 unspecified atom stereocenters. The first-order valence-electron chi connectivity index (χ1n) is 11.1. The number of amides is 1. The molecule has 8 heteroatoms. The van der Waals surface area contributed by atoms with Gasteiger partial charge in [0, 0.05) is 45.0 Å². The summed E-state index contributed by atoms with van der Waals surface area (Å²) in [6, 6.07) is 12.5. The number of anilines is 2. The van der Waals surface area contributed by atoms with Crippen LogP contribution in [0.2, 0.25) is 0 Å². The fraction of sp³-hybridized carbons (Fsp3) is 0.458. The summed E-state index contributed by atoms with van der Waals surface area (Å²) in [6.45, 7) is 7.74. The Bertz CT molecular complexity index is 882. The molecule has 2 aromatic carbocycles. The zero-order chi connectivity index (χ0) is 22.9. The SMILES string of the molecule is CC(O)c1ccc(NCc2cccc(NC(=O)OCCCN3CCN(C)CC3)c2)c(O)c1. The molecule has 32 heavy (non-hydrogen) atoms. The summed E-state index contributed by atoms with van der Waals surface area (Å²) in [7, 11) is 2.13. The van der Waals surface area contributed by atoms with Gasteiger partial charge < -0.3 is 30.1 Å². The standard InChI is InChI=1S/C24H34N4O4/c1-18(29)20-7-8-22(23(30)16-20)25-17-19-5-3-6-21(15-19)26-24(31)32-14-4-9-28-12-10-27(2)11-13-28/h3,5-8,15-16,18,25,29-30H,4,9-14,17H2,1-2H3,(H,26,31). The van der Waals surface area contributed by atoms with Crippen molar-refractivity contribution in [2.45, 2.75) is 26.0 Å². The number of phenols is 1. The number of carbonyl (C=O) groups excluding carboxylic acids is 1. The Labute approximate surface area is 189 Å². The Morgan fingerprint density at radius 3 is 2.66 bits per heavy atom. The predicted octanol–water partition coefficient (Wildman–Crippen LogP) is 3.24. The van der Waals surface area contributed by atoms with E-state index in [1.54, 1.807) is 25.1 Å². The van der Waals surface area contributed by atoms with Crippen molar-refractivity contribution >= 4 is 17.5 Å². The summed E-state index contributed by atoms with van der Waals surface area (Å²) in [5.41, 5.74) is 2.83. The second-order valence-corrected chi connectivity index (χ2v) is 8.27. The zero-order valence-electron chi connectivity index (χ0n) is 18.9. The number of piperazine rings is 1. The van der Waals surface area contributed by atoms with Crippen LogP contribution >= 0.6 is 0 Å². The highest BCUT2D eigenvalue weighted by Gasteiger charge is 2.13. The minimum Gasteiger partial charge on any atom is -0.506 e. The first-order chi connectivity index (χ1) is 15.4. The van der Waals surface area contributed by atoms with Gasteiger partial charge in [0.05, 0.1) is 18.4 Å². The third kappa shape index (κ3) is 7.40. The average molecular weight is 443 g/mol. The van der Waals surface area contributed by atoms with Gasteiger partial charge in [-0.25, -0.2) is 4.79 Å². The van der Waals surface area contributed by atoms with Gasteiger partial charge >= 0.3 is 6.09 Å². The third-order valence-corrected chi connectivity index (χ3v) is 5.61. The fourth-order valence-electron chi connectivity index (χ4n) is 3.59. The number of phenolic OH excluding ortho intramolecular Hbond substituents is 1. The van der Waals surface area contributed by atoms with E-state index in [1.807, 2.05) is 24.3 Å². The number of aromatic hydroxyl groups is 1. The second kappa shape index (κ2) is 11.7. The van der Waals surface area contributed by atoms with Crippen molar-refractivity contribution in [1.82, 2.24) is 9.80 Å². The average Bonchev–Trinajstić information content (AvgIpc) is 2.77. The molecule has 0 aromatic heterocycles. The maximum atomic E-state index is 12.1. The molecule has 0 saturated carbocycles. The molecule has 0 radical (unpaired) electrons. The van der Waals surface area contributed by atoms with Crippen molar-refractivity contribution in [3.8, 4) is 5.75 Å². The van der Waals surface area contributed by atoms with E-state index >= 15 is 0 Å². The number of nitrogens with one attached hydrogen (secondary N) is 2. The number of benzene rings is 2. The zero-order valence-corrected chi connectivity index (χ0v) is 18.9. The molecule has 0 spiro atoms. The molecule has 1 fully saturated rings. The first-order valence-corrected chi connectivity index (χ1v) is 11.1. The molecular weight excluding hydrogens is 408 g/mol. The van der Waals surface area contributed by atoms with E-state index in [0.717, 1.165) is 44.7 Å². The quantitative estimate of drug-likeness (QED) is 0.350. The van der Waals surface area contributed by atoms with Crippen molar-refractivity contribution in [1.29, 1.82) is 0 Å². The highest BCUT2D eigenvalue weighted by Crippen LogP contribution is 2.27. The van der Waals surface area contributed by atoms with Gasteiger partial charge in [0.25, 0.3) is 0 Å². The summed E-state index contributed by atoms with van der Waals surface area (Å²) in [5, 5.41) is 25.7. The van der Waals surface area contributed by atoms with Crippen LogP contribution in [-0.2, 0) is 11.3 Å². The molecule has 1 amide bonds. The number of likely N-dealkylation sites (N-methyl/N-ethyl adjacent to an activating group) is 1. The molecular formula is C24H34N4O4. The number of rotatable bonds is 9. The van der Waals surface area contributed by atoms with Crippen molar-refractivity contribution in [2.75, 3.05) is 57.0 Å². The highest BCUT2D eigenvalue weighted by atomic mass is 16.5. The van der Waals surface area contributed by atoms with E-state index in [4.69, 9.17) is 4.74 Å². The van der Waals surface area contributed by atoms with Gasteiger partial charge in [-0.1, -0.05) is 18.2 Å². The Morgan fingerprint density at radius 2 is 1.94 bits per heavy atom. The van der Waals surface area contributed by atoms with Gasteiger partial charge in [-0.3, -0.25) is 5.32 Å². The van der Waals surface area contributed by atoms with E-state index in [9.17, 15) is 15.0 Å². The molecule has 0 aliphatic carbocycles. The lowest BCUT2D eigenvalue weighted by Gasteiger charge is -2.32. The van der Waals surface area contributed by atoms with Crippen molar-refractivity contribution in [2.24, 2.45) is 0 Å². The minimum atomic E-state index is -0.635. The predicted molar refractivity (Wildman–Crippen MR) is 126 cm³/mol. The van der Waals surface area contributed by atoms with E-state index in [-0.39, 0.29) is 5.75 Å². The van der Waals surface area contributed by atoms with Crippen LogP contribution in [-0.4, -0.2) is 72.5 Å². The lowest BCUT2D eigenvalue weighted by atomic mass is 10.1. The van der Waals surface area contributed by atoms with Crippen molar-refractivity contribution in [3.63, 3.8) is 0 Å². The van der Waals surface area contributed by atoms with Crippen LogP contribution in [0.4, 0.5) is 16.2 Å². The largest absolute Gasteiger partial charge is 0.506 e. The third-order valence-electron chi connectivity index (χ3n) is 5.61. The number of hydrogen-bond acceptors (Lipinski definition) is 7. The van der Waals surface area contributed by atoms with E-state index in [2.05, 4.69) is 27.5 Å². The van der Waals surface area contributed by atoms with Gasteiger partial charge in [0.15, 0.2) is 0 Å². The van der Waals surface area contributed by atoms with Gasteiger partial charge in [-0.2, -0.15) is 0 Å². The molecule has 1 atom stereocenters. The van der Waals surface area contributed by atoms with Gasteiger partial charge in [-0.05, 0) is 55.8 Å². The molecule has 1 aliphatic rings. The molecule has 8 nitrogen and oxygen atoms in total. The summed E-state index contributed by atoms with van der Waals surface area (Å²) < 4.78 is 5.32. The van der Waals surface area contributed by atoms with Crippen LogP contribution in [0.5, 0.6) is 5.75 Å². The molecule has 0 bridgehead atoms. The van der Waals surface area contributed by atoms with Crippen LogP contribution in [0, 0.1) is 0 Å². The maximum Gasteiger partial charge on any atom is 0.411 e. The van der Waals surface area contributed by atoms with Crippen molar-refractivity contribution in [3.05, 3.63) is 53.6 Å². The number of nitrogens with zero attached hydrogens (tertiary/aromatic N) is 2. The van der Waals surface area contributed by atoms with Crippen LogP contribution in [0.1, 0.15) is 30.6 Å². The topological polar surface area (TPSA) is 97.3 Å². The summed E-state index contributed by atoms with van der Waals surface area (Å²) >= 11 is 0. The summed E-state index contributed by atoms with van der Waals surface area (Å²) in [4.78, 5) is 16.8. The van der Waals surface area contributed by atoms with Gasteiger partial charge in [0.2, 0.25) is 0 Å². The highest BCUT2D eigenvalue weighted by molar-refractivity contribution is 5.84. The molecule has 1 aliphatic heterocycles. The lowest BCUT2D eigenvalue weighted by molar-refractivity contribution is 0.130. The Morgan fingerprint density at radius 1 is 1.16 bits per heavy atom. The van der Waals surface area contributed by atoms with Crippen LogP contribution in [0.25, 0.3) is 0 Å². The first kappa shape index (κ1) is 23.8. The minimum absolute atomic E-state index is 0.0813. The van der Waals surface area contributed by atoms with Gasteiger partial charge in [0.1, 0.15) is 5.75 Å². The number of carbonyl (C=O) groups is 1. The molecule has 174 valence electrons. The fourth-order valence-corrected chi connectivity index (χ4v) is 3.59. The molecule has 2 aromatic rings. The van der Waals surface area contributed by atoms with Crippen molar-refractivity contribution < 1.29 is 19.7 Å². The van der Waals surface area contributed by atoms with E-state index in [0.29, 0.717) is 30.1 Å². The Hall–Kier alpha value is -2.81. The lowest BCUT2D eigenvalue weighted by Crippen LogP contribution is -2.44. The Balaban J connectivity index is 1.41. The summed E-state index contributed by atoms with van der Waals surface area (Å²) in [5.74, 6) is 0.0813.